The molecule has 0 saturated heterocycles. The van der Waals surface area contributed by atoms with Gasteiger partial charge in [-0.3, -0.25) is 10.1 Å². The Morgan fingerprint density at radius 2 is 1.91 bits per heavy atom. The normalized spacial score (nSPS) is 10.8. The van der Waals surface area contributed by atoms with Gasteiger partial charge in [-0.2, -0.15) is 0 Å². The standard InChI is InChI=1S/C16H18N4O2.HI/c1-11-7-8-14(9-12(11)2)19-16(17)18-10-13-5-3-4-6-15(13)20(21)22;/h3-9H,10H2,1-2H3,(H3,17,18,19);1H. The second-order valence-corrected chi connectivity index (χ2v) is 5.01. The molecule has 2 aromatic carbocycles. The van der Waals surface area contributed by atoms with Gasteiger partial charge in [-0.15, -0.1) is 24.0 Å². The van der Waals surface area contributed by atoms with Gasteiger partial charge in [0.25, 0.3) is 5.69 Å². The molecule has 0 atom stereocenters. The maximum atomic E-state index is 10.9. The fourth-order valence-corrected chi connectivity index (χ4v) is 2.00. The summed E-state index contributed by atoms with van der Waals surface area (Å²) in [6.07, 6.45) is 0. The summed E-state index contributed by atoms with van der Waals surface area (Å²) in [6.45, 7) is 4.20. The molecule has 0 aliphatic heterocycles. The third-order valence-corrected chi connectivity index (χ3v) is 3.39. The number of hydrogen-bond donors (Lipinski definition) is 2. The highest BCUT2D eigenvalue weighted by Gasteiger charge is 2.11. The van der Waals surface area contributed by atoms with Crippen LogP contribution in [0.15, 0.2) is 47.5 Å². The van der Waals surface area contributed by atoms with E-state index in [-0.39, 0.29) is 42.2 Å². The lowest BCUT2D eigenvalue weighted by atomic mass is 10.1. The molecule has 7 heteroatoms. The number of nitrogens with one attached hydrogen (secondary N) is 1. The highest BCUT2D eigenvalue weighted by molar-refractivity contribution is 14.0. The molecule has 2 rings (SSSR count). The summed E-state index contributed by atoms with van der Waals surface area (Å²) in [6, 6.07) is 12.4. The topological polar surface area (TPSA) is 93.5 Å². The van der Waals surface area contributed by atoms with Crippen molar-refractivity contribution in [3.63, 3.8) is 0 Å². The second-order valence-electron chi connectivity index (χ2n) is 5.01. The predicted molar refractivity (Wildman–Crippen MR) is 103 cm³/mol. The number of aliphatic imine (C=N–C) groups is 1. The monoisotopic (exact) mass is 426 g/mol. The second kappa shape index (κ2) is 8.47. The van der Waals surface area contributed by atoms with Crippen molar-refractivity contribution < 1.29 is 4.92 Å². The van der Waals surface area contributed by atoms with Crippen LogP contribution in [-0.2, 0) is 6.54 Å². The Hall–Kier alpha value is -2.16. The number of rotatable bonds is 4. The van der Waals surface area contributed by atoms with Gasteiger partial charge in [0.1, 0.15) is 0 Å². The number of nitrogens with zero attached hydrogens (tertiary/aromatic N) is 2. The van der Waals surface area contributed by atoms with Gasteiger partial charge in [0.15, 0.2) is 5.96 Å². The van der Waals surface area contributed by atoms with Crippen molar-refractivity contribution in [1.82, 2.24) is 0 Å². The molecule has 2 aromatic rings. The van der Waals surface area contributed by atoms with Crippen LogP contribution in [-0.4, -0.2) is 10.9 Å². The molecule has 0 saturated carbocycles. The van der Waals surface area contributed by atoms with Crippen molar-refractivity contribution in [3.05, 3.63) is 69.3 Å². The molecule has 0 amide bonds. The number of nitrogens with two attached hydrogens (primary N) is 1. The number of aryl methyl sites for hydroxylation is 2. The molecular weight excluding hydrogens is 407 g/mol. The number of anilines is 1. The van der Waals surface area contributed by atoms with E-state index in [1.807, 2.05) is 32.0 Å². The van der Waals surface area contributed by atoms with Crippen LogP contribution in [0.2, 0.25) is 0 Å². The molecule has 23 heavy (non-hydrogen) atoms. The van der Waals surface area contributed by atoms with Crippen LogP contribution >= 0.6 is 24.0 Å². The Morgan fingerprint density at radius 1 is 1.22 bits per heavy atom. The Morgan fingerprint density at radius 3 is 2.57 bits per heavy atom. The number of para-hydroxylation sites is 1. The van der Waals surface area contributed by atoms with E-state index in [2.05, 4.69) is 10.3 Å². The Kier molecular flexibility index (Phi) is 6.95. The molecule has 0 spiro atoms. The van der Waals surface area contributed by atoms with Crippen molar-refractivity contribution in [3.8, 4) is 0 Å². The minimum atomic E-state index is -0.419. The molecule has 122 valence electrons. The van der Waals surface area contributed by atoms with E-state index in [0.717, 1.165) is 11.3 Å². The van der Waals surface area contributed by atoms with Crippen LogP contribution in [0.1, 0.15) is 16.7 Å². The average molecular weight is 426 g/mol. The molecule has 0 aliphatic rings. The summed E-state index contributed by atoms with van der Waals surface area (Å²) in [4.78, 5) is 14.7. The van der Waals surface area contributed by atoms with Crippen LogP contribution in [0.3, 0.4) is 0 Å². The number of halogens is 1. The zero-order valence-corrected chi connectivity index (χ0v) is 15.3. The summed E-state index contributed by atoms with van der Waals surface area (Å²) in [5.74, 6) is 0.224. The van der Waals surface area contributed by atoms with Gasteiger partial charge in [-0.05, 0) is 37.1 Å². The number of benzene rings is 2. The van der Waals surface area contributed by atoms with E-state index in [1.54, 1.807) is 18.2 Å². The van der Waals surface area contributed by atoms with E-state index in [0.29, 0.717) is 5.56 Å². The van der Waals surface area contributed by atoms with Gasteiger partial charge in [0.2, 0.25) is 0 Å². The van der Waals surface area contributed by atoms with Crippen LogP contribution in [0, 0.1) is 24.0 Å². The SMILES string of the molecule is Cc1ccc(NC(N)=NCc2ccccc2[N+](=O)[O-])cc1C.I. The molecule has 0 aliphatic carbocycles. The first kappa shape index (κ1) is 18.9. The molecule has 0 bridgehead atoms. The van der Waals surface area contributed by atoms with Crippen LogP contribution in [0.5, 0.6) is 0 Å². The lowest BCUT2D eigenvalue weighted by molar-refractivity contribution is -0.385. The van der Waals surface area contributed by atoms with Gasteiger partial charge in [-0.1, -0.05) is 24.3 Å². The number of hydrogen-bond acceptors (Lipinski definition) is 3. The largest absolute Gasteiger partial charge is 0.370 e. The highest BCUT2D eigenvalue weighted by atomic mass is 127. The summed E-state index contributed by atoms with van der Waals surface area (Å²) in [5.41, 5.74) is 9.59. The minimum Gasteiger partial charge on any atom is -0.370 e. The Bertz CT molecular complexity index is 732. The maximum absolute atomic E-state index is 10.9. The van der Waals surface area contributed by atoms with Crippen LogP contribution in [0.4, 0.5) is 11.4 Å². The summed E-state index contributed by atoms with van der Waals surface area (Å²) in [5, 5.41) is 13.9. The fourth-order valence-electron chi connectivity index (χ4n) is 2.00. The van der Waals surface area contributed by atoms with E-state index < -0.39 is 4.92 Å². The first-order valence-electron chi connectivity index (χ1n) is 6.84. The quantitative estimate of drug-likeness (QED) is 0.256. The highest BCUT2D eigenvalue weighted by Crippen LogP contribution is 2.18. The van der Waals surface area contributed by atoms with Crippen molar-refractivity contribution in [2.75, 3.05) is 5.32 Å². The Labute approximate surface area is 152 Å². The zero-order valence-electron chi connectivity index (χ0n) is 12.9. The van der Waals surface area contributed by atoms with Crippen molar-refractivity contribution in [2.45, 2.75) is 20.4 Å². The van der Waals surface area contributed by atoms with Gasteiger partial charge in [0.05, 0.1) is 17.0 Å². The molecule has 0 heterocycles. The molecule has 0 unspecified atom stereocenters. The van der Waals surface area contributed by atoms with Gasteiger partial charge in [0, 0.05) is 11.8 Å². The Balaban J connectivity index is 0.00000264. The molecule has 0 aromatic heterocycles. The van der Waals surface area contributed by atoms with Crippen molar-refractivity contribution in [2.24, 2.45) is 10.7 Å². The maximum Gasteiger partial charge on any atom is 0.274 e. The van der Waals surface area contributed by atoms with E-state index in [4.69, 9.17) is 5.73 Å². The average Bonchev–Trinajstić information content (AvgIpc) is 2.49. The van der Waals surface area contributed by atoms with Crippen LogP contribution < -0.4 is 11.1 Å². The van der Waals surface area contributed by atoms with E-state index >= 15 is 0 Å². The number of nitro benzene ring substituents is 1. The molecule has 0 radical (unpaired) electrons. The first-order valence-corrected chi connectivity index (χ1v) is 6.84. The van der Waals surface area contributed by atoms with E-state index in [1.165, 1.54) is 11.6 Å². The zero-order chi connectivity index (χ0) is 16.1. The van der Waals surface area contributed by atoms with Gasteiger partial charge < -0.3 is 11.1 Å². The lowest BCUT2D eigenvalue weighted by Crippen LogP contribution is -2.22. The van der Waals surface area contributed by atoms with Crippen molar-refractivity contribution in [1.29, 1.82) is 0 Å². The van der Waals surface area contributed by atoms with Crippen LogP contribution in [0.25, 0.3) is 0 Å². The molecule has 6 nitrogen and oxygen atoms in total. The number of guanidine groups is 1. The molecular formula is C16H19IN4O2. The van der Waals surface area contributed by atoms with Crippen molar-refractivity contribution >= 4 is 41.3 Å². The molecule has 0 fully saturated rings. The predicted octanol–water partition coefficient (Wildman–Crippen LogP) is 3.76. The number of nitro groups is 1. The molecule has 3 N–H and O–H groups in total. The third-order valence-electron chi connectivity index (χ3n) is 3.39. The first-order chi connectivity index (χ1) is 10.5. The fraction of sp³-hybridized carbons (Fsp3) is 0.188. The van der Waals surface area contributed by atoms with E-state index in [9.17, 15) is 10.1 Å². The summed E-state index contributed by atoms with van der Waals surface area (Å²) in [7, 11) is 0. The summed E-state index contributed by atoms with van der Waals surface area (Å²) >= 11 is 0. The minimum absolute atomic E-state index is 0. The van der Waals surface area contributed by atoms with Gasteiger partial charge >= 0.3 is 0 Å². The smallest absolute Gasteiger partial charge is 0.274 e. The van der Waals surface area contributed by atoms with Gasteiger partial charge in [-0.25, -0.2) is 4.99 Å². The third kappa shape index (κ3) is 5.20. The summed E-state index contributed by atoms with van der Waals surface area (Å²) < 4.78 is 0. The lowest BCUT2D eigenvalue weighted by Gasteiger charge is -2.08.